The maximum atomic E-state index is 12.7. The lowest BCUT2D eigenvalue weighted by Gasteiger charge is -2.27. The van der Waals surface area contributed by atoms with Gasteiger partial charge in [-0.2, -0.15) is 0 Å². The zero-order chi connectivity index (χ0) is 26.2. The molecule has 0 aliphatic heterocycles. The first-order chi connectivity index (χ1) is 18.7. The average molecular weight is 520 g/mol. The van der Waals surface area contributed by atoms with Crippen LogP contribution in [0.4, 0.5) is 0 Å². The van der Waals surface area contributed by atoms with Crippen molar-refractivity contribution >= 4 is 34.7 Å². The Kier molecular flexibility index (Phi) is 8.26. The quantitative estimate of drug-likeness (QED) is 0.167. The lowest BCUT2D eigenvalue weighted by Crippen LogP contribution is -2.33. The molecule has 0 N–H and O–H groups in total. The molecule has 0 radical (unpaired) electrons. The van der Waals surface area contributed by atoms with Crippen LogP contribution >= 0.6 is 7.26 Å². The number of allylic oxidation sites excluding steroid dienone is 2. The minimum Gasteiger partial charge on any atom is -0.489 e. The van der Waals surface area contributed by atoms with Crippen LogP contribution in [-0.2, 0) is 4.74 Å². The molecule has 1 aliphatic rings. The molecule has 4 aromatic rings. The molecule has 0 saturated heterocycles. The summed E-state index contributed by atoms with van der Waals surface area (Å²) in [5.41, 5.74) is 0.880. The van der Waals surface area contributed by atoms with Gasteiger partial charge >= 0.3 is 0 Å². The molecule has 0 amide bonds. The first-order valence-corrected chi connectivity index (χ1v) is 15.2. The summed E-state index contributed by atoms with van der Waals surface area (Å²) in [4.78, 5) is 25.1. The summed E-state index contributed by atoms with van der Waals surface area (Å²) in [5, 5.41) is 4.23. The van der Waals surface area contributed by atoms with Gasteiger partial charge in [0.1, 0.15) is 23.2 Å². The van der Waals surface area contributed by atoms with Gasteiger partial charge in [0.2, 0.25) is 5.78 Å². The van der Waals surface area contributed by atoms with Gasteiger partial charge in [-0.1, -0.05) is 78.9 Å². The lowest BCUT2D eigenvalue weighted by atomic mass is 9.94. The Labute approximate surface area is 225 Å². The van der Waals surface area contributed by atoms with Gasteiger partial charge in [-0.05, 0) is 62.1 Å². The number of carbonyl (C=O) groups excluding carboxylic acids is 2. The van der Waals surface area contributed by atoms with Gasteiger partial charge in [0, 0.05) is 17.2 Å². The Hall–Kier alpha value is -3.81. The van der Waals surface area contributed by atoms with E-state index in [-0.39, 0.29) is 17.3 Å². The van der Waals surface area contributed by atoms with Crippen LogP contribution in [0.2, 0.25) is 0 Å². The number of fused-ring (bicyclic) bond motifs is 1. The van der Waals surface area contributed by atoms with Gasteiger partial charge in [0.05, 0.1) is 12.8 Å². The Morgan fingerprint density at radius 2 is 1.00 bits per heavy atom. The van der Waals surface area contributed by atoms with E-state index >= 15 is 0 Å². The predicted octanol–water partition coefficient (Wildman–Crippen LogP) is 6.52. The fourth-order valence-corrected chi connectivity index (χ4v) is 9.68. The van der Waals surface area contributed by atoms with Crippen molar-refractivity contribution in [2.45, 2.75) is 25.7 Å². The third-order valence-corrected chi connectivity index (χ3v) is 11.7. The van der Waals surface area contributed by atoms with Crippen LogP contribution in [0, 0.1) is 0 Å². The highest BCUT2D eigenvalue weighted by atomic mass is 31.2. The van der Waals surface area contributed by atoms with Crippen LogP contribution in [0.25, 0.3) is 0 Å². The van der Waals surface area contributed by atoms with Crippen LogP contribution in [-0.4, -0.2) is 24.3 Å². The number of benzene rings is 4. The molecule has 0 saturated carbocycles. The van der Waals surface area contributed by atoms with Crippen molar-refractivity contribution < 1.29 is 14.3 Å². The van der Waals surface area contributed by atoms with Crippen molar-refractivity contribution in [2.75, 3.05) is 12.8 Å². The summed E-state index contributed by atoms with van der Waals surface area (Å²) in [6, 6.07) is 39.8. The second-order valence-corrected chi connectivity index (χ2v) is 13.2. The molecule has 3 nitrogen and oxygen atoms in total. The topological polar surface area (TPSA) is 43.4 Å². The number of ketones is 2. The summed E-state index contributed by atoms with van der Waals surface area (Å²) >= 11 is 0. The van der Waals surface area contributed by atoms with Crippen molar-refractivity contribution in [3.8, 4) is 0 Å². The molecule has 0 atom stereocenters. The molecule has 0 aromatic heterocycles. The Bertz CT molecular complexity index is 1320. The first kappa shape index (κ1) is 25.8. The van der Waals surface area contributed by atoms with E-state index in [0.717, 1.165) is 31.8 Å². The van der Waals surface area contributed by atoms with Crippen molar-refractivity contribution in [1.29, 1.82) is 0 Å². The highest BCUT2D eigenvalue weighted by Gasteiger charge is 2.44. The smallest absolute Gasteiger partial charge is 0.228 e. The van der Waals surface area contributed by atoms with E-state index in [0.29, 0.717) is 17.7 Å². The monoisotopic (exact) mass is 519 g/mol. The van der Waals surface area contributed by atoms with E-state index in [9.17, 15) is 9.59 Å². The number of unbranched alkanes of at least 4 members (excludes halogenated alkanes) is 3. The van der Waals surface area contributed by atoms with E-state index < -0.39 is 7.26 Å². The first-order valence-electron chi connectivity index (χ1n) is 13.3. The van der Waals surface area contributed by atoms with Gasteiger partial charge in [0.15, 0.2) is 11.5 Å². The highest BCUT2D eigenvalue weighted by molar-refractivity contribution is 7.95. The summed E-state index contributed by atoms with van der Waals surface area (Å²) in [7, 11) is -1.80. The largest absolute Gasteiger partial charge is 0.489 e. The lowest BCUT2D eigenvalue weighted by molar-refractivity contribution is 0.0879. The fourth-order valence-electron chi connectivity index (χ4n) is 5.27. The fraction of sp³-hybridized carbons (Fsp3) is 0.176. The Morgan fingerprint density at radius 1 is 0.526 bits per heavy atom. The molecule has 0 fully saturated rings. The maximum absolute atomic E-state index is 12.7. The second kappa shape index (κ2) is 12.2. The molecular formula is C34H32O3P+. The second-order valence-electron chi connectivity index (χ2n) is 9.55. The van der Waals surface area contributed by atoms with Crippen LogP contribution in [0.3, 0.4) is 0 Å². The molecule has 1 aliphatic carbocycles. The molecule has 5 rings (SSSR count). The number of hydrogen-bond donors (Lipinski definition) is 0. The standard InChI is InChI=1S/C34H32O3P/c35-32-26-33(34(36)31-23-13-12-22-30(31)32)37-24-14-1-2-15-25-38(27-16-6-3-7-17-27,28-18-8-4-9-19-28)29-20-10-5-11-21-29/h3-13,16-23,26H,1-2,14-15,24-25H2/q+1. The van der Waals surface area contributed by atoms with Crippen molar-refractivity contribution in [2.24, 2.45) is 0 Å². The Balaban J connectivity index is 1.23. The molecule has 0 spiro atoms. The molecular weight excluding hydrogens is 487 g/mol. The number of hydrogen-bond acceptors (Lipinski definition) is 3. The molecule has 0 heterocycles. The Morgan fingerprint density at radius 3 is 1.55 bits per heavy atom. The van der Waals surface area contributed by atoms with E-state index in [1.165, 1.54) is 22.0 Å². The van der Waals surface area contributed by atoms with E-state index in [1.54, 1.807) is 24.3 Å². The van der Waals surface area contributed by atoms with Gasteiger partial charge in [-0.3, -0.25) is 9.59 Å². The minimum atomic E-state index is -1.80. The average Bonchev–Trinajstić information content (AvgIpc) is 2.98. The van der Waals surface area contributed by atoms with Gasteiger partial charge < -0.3 is 4.74 Å². The van der Waals surface area contributed by atoms with Gasteiger partial charge in [-0.25, -0.2) is 0 Å². The van der Waals surface area contributed by atoms with Crippen molar-refractivity contribution in [1.82, 2.24) is 0 Å². The molecule has 0 bridgehead atoms. The molecule has 4 aromatic carbocycles. The minimum absolute atomic E-state index is 0.163. The predicted molar refractivity (Wildman–Crippen MR) is 158 cm³/mol. The van der Waals surface area contributed by atoms with Crippen LogP contribution in [0.1, 0.15) is 46.4 Å². The number of ether oxygens (including phenoxy) is 1. The van der Waals surface area contributed by atoms with Crippen molar-refractivity contribution in [3.63, 3.8) is 0 Å². The zero-order valence-corrected chi connectivity index (χ0v) is 22.4. The SMILES string of the molecule is O=C1C=C(OCCCCCC[P+](c2ccccc2)(c2ccccc2)c2ccccc2)C(=O)c2ccccc21. The van der Waals surface area contributed by atoms with E-state index in [1.807, 2.05) is 0 Å². The van der Waals surface area contributed by atoms with Crippen LogP contribution in [0.5, 0.6) is 0 Å². The normalized spacial score (nSPS) is 13.1. The summed E-state index contributed by atoms with van der Waals surface area (Å²) in [5.74, 6) is -0.211. The van der Waals surface area contributed by atoms with Crippen molar-refractivity contribution in [3.05, 3.63) is 138 Å². The van der Waals surface area contributed by atoms with Gasteiger partial charge in [-0.15, -0.1) is 0 Å². The number of carbonyl (C=O) groups is 2. The van der Waals surface area contributed by atoms with E-state index in [4.69, 9.17) is 4.74 Å². The third-order valence-electron chi connectivity index (χ3n) is 7.16. The van der Waals surface area contributed by atoms with Gasteiger partial charge in [0.25, 0.3) is 0 Å². The number of rotatable bonds is 11. The molecule has 0 unspecified atom stereocenters. The maximum Gasteiger partial charge on any atom is 0.228 e. The van der Waals surface area contributed by atoms with Crippen LogP contribution < -0.4 is 15.9 Å². The van der Waals surface area contributed by atoms with Crippen LogP contribution in [0.15, 0.2) is 127 Å². The third kappa shape index (κ3) is 5.39. The van der Waals surface area contributed by atoms with E-state index in [2.05, 4.69) is 91.0 Å². The summed E-state index contributed by atoms with van der Waals surface area (Å²) in [6.07, 6.45) is 6.45. The summed E-state index contributed by atoms with van der Waals surface area (Å²) in [6.45, 7) is 0.434. The summed E-state index contributed by atoms with van der Waals surface area (Å²) < 4.78 is 5.78. The number of Topliss-reactive ketones (excluding diaryl/α,β-unsaturated/α-hetero) is 1. The zero-order valence-electron chi connectivity index (χ0n) is 21.5. The highest BCUT2D eigenvalue weighted by Crippen LogP contribution is 2.56. The molecule has 38 heavy (non-hydrogen) atoms. The molecule has 4 heteroatoms. The molecule has 190 valence electrons.